The van der Waals surface area contributed by atoms with E-state index in [0.29, 0.717) is 11.6 Å². The fourth-order valence-corrected chi connectivity index (χ4v) is 1.24. The van der Waals surface area contributed by atoms with Crippen LogP contribution in [0.5, 0.6) is 0 Å². The topological polar surface area (TPSA) is 29.1 Å². The van der Waals surface area contributed by atoms with Gasteiger partial charge < -0.3 is 5.32 Å². The molecule has 0 aromatic heterocycles. The van der Waals surface area contributed by atoms with Crippen LogP contribution in [0.25, 0.3) is 0 Å². The summed E-state index contributed by atoms with van der Waals surface area (Å²) in [4.78, 5) is 11.1. The molecular formula is C10H11Cl2NO. The van der Waals surface area contributed by atoms with Crippen molar-refractivity contribution < 1.29 is 4.79 Å². The molecule has 0 saturated heterocycles. The molecule has 1 atom stereocenters. The summed E-state index contributed by atoms with van der Waals surface area (Å²) in [5, 5.41) is 2.82. The predicted molar refractivity (Wildman–Crippen MR) is 58.6 cm³/mol. The summed E-state index contributed by atoms with van der Waals surface area (Å²) >= 11 is 11.5. The summed E-state index contributed by atoms with van der Waals surface area (Å²) in [7, 11) is 0. The molecule has 0 fully saturated rings. The summed E-state index contributed by atoms with van der Waals surface area (Å²) < 4.78 is 0. The van der Waals surface area contributed by atoms with Crippen LogP contribution in [0.2, 0.25) is 5.02 Å². The van der Waals surface area contributed by atoms with E-state index in [1.165, 1.54) is 0 Å². The van der Waals surface area contributed by atoms with Crippen molar-refractivity contribution >= 4 is 29.1 Å². The van der Waals surface area contributed by atoms with Crippen LogP contribution in [-0.4, -0.2) is 11.3 Å². The van der Waals surface area contributed by atoms with Crippen LogP contribution in [0.1, 0.15) is 12.5 Å². The first kappa shape index (κ1) is 11.3. The number of nitrogens with one attached hydrogen (secondary N) is 1. The number of rotatable bonds is 3. The van der Waals surface area contributed by atoms with Crippen LogP contribution in [0.15, 0.2) is 24.3 Å². The van der Waals surface area contributed by atoms with E-state index in [1.54, 1.807) is 13.0 Å². The molecule has 0 aliphatic carbocycles. The van der Waals surface area contributed by atoms with E-state index in [1.807, 2.05) is 18.2 Å². The van der Waals surface area contributed by atoms with Crippen molar-refractivity contribution in [3.8, 4) is 0 Å². The minimum atomic E-state index is -0.516. The van der Waals surface area contributed by atoms with Crippen molar-refractivity contribution in [2.24, 2.45) is 0 Å². The molecule has 0 aliphatic heterocycles. The summed E-state index contributed by atoms with van der Waals surface area (Å²) in [6.07, 6.45) is 0. The Morgan fingerprint density at radius 2 is 2.14 bits per heavy atom. The standard InChI is InChI=1S/C10H11Cl2NO/c1-7(11)10(14)13-6-8-4-2-3-5-9(8)12/h2-5,7H,6H2,1H3,(H,13,14)/t7-/m0/s1. The van der Waals surface area contributed by atoms with Gasteiger partial charge in [-0.15, -0.1) is 11.6 Å². The fraction of sp³-hybridized carbons (Fsp3) is 0.300. The van der Waals surface area contributed by atoms with E-state index in [2.05, 4.69) is 5.32 Å². The zero-order valence-corrected chi connectivity index (χ0v) is 9.27. The van der Waals surface area contributed by atoms with Crippen molar-refractivity contribution in [2.75, 3.05) is 0 Å². The number of alkyl halides is 1. The molecule has 1 aromatic carbocycles. The molecule has 0 bridgehead atoms. The van der Waals surface area contributed by atoms with E-state index < -0.39 is 5.38 Å². The highest BCUT2D eigenvalue weighted by molar-refractivity contribution is 6.31. The monoisotopic (exact) mass is 231 g/mol. The lowest BCUT2D eigenvalue weighted by Crippen LogP contribution is -2.29. The highest BCUT2D eigenvalue weighted by Gasteiger charge is 2.08. The number of carbonyl (C=O) groups excluding carboxylic acids is 1. The normalized spacial score (nSPS) is 12.2. The molecule has 2 nitrogen and oxygen atoms in total. The minimum Gasteiger partial charge on any atom is -0.351 e. The molecule has 0 spiro atoms. The molecule has 0 aliphatic rings. The van der Waals surface area contributed by atoms with Gasteiger partial charge >= 0.3 is 0 Å². The first-order valence-electron chi connectivity index (χ1n) is 4.26. The maximum Gasteiger partial charge on any atom is 0.238 e. The summed E-state index contributed by atoms with van der Waals surface area (Å²) in [6.45, 7) is 2.04. The Hall–Kier alpha value is -0.730. The third-order valence-electron chi connectivity index (χ3n) is 1.77. The van der Waals surface area contributed by atoms with Gasteiger partial charge in [-0.05, 0) is 18.6 Å². The Bertz CT molecular complexity index is 326. The zero-order valence-electron chi connectivity index (χ0n) is 7.76. The third-order valence-corrected chi connectivity index (χ3v) is 2.34. The van der Waals surface area contributed by atoms with Gasteiger partial charge in [0.1, 0.15) is 5.38 Å². The number of benzene rings is 1. The van der Waals surface area contributed by atoms with Gasteiger partial charge in [-0.1, -0.05) is 29.8 Å². The van der Waals surface area contributed by atoms with Crippen LogP contribution in [0, 0.1) is 0 Å². The molecule has 4 heteroatoms. The molecule has 0 heterocycles. The van der Waals surface area contributed by atoms with Gasteiger partial charge in [0, 0.05) is 11.6 Å². The van der Waals surface area contributed by atoms with Crippen molar-refractivity contribution in [2.45, 2.75) is 18.8 Å². The maximum absolute atomic E-state index is 11.1. The highest BCUT2D eigenvalue weighted by atomic mass is 35.5. The molecule has 1 N–H and O–H groups in total. The average Bonchev–Trinajstić information content (AvgIpc) is 2.16. The van der Waals surface area contributed by atoms with Gasteiger partial charge in [0.25, 0.3) is 0 Å². The molecular weight excluding hydrogens is 221 g/mol. The fourth-order valence-electron chi connectivity index (χ4n) is 0.965. The van der Waals surface area contributed by atoms with E-state index in [9.17, 15) is 4.79 Å². The van der Waals surface area contributed by atoms with Gasteiger partial charge in [-0.25, -0.2) is 0 Å². The molecule has 0 radical (unpaired) electrons. The SMILES string of the molecule is C[C@H](Cl)C(=O)NCc1ccccc1Cl. The lowest BCUT2D eigenvalue weighted by Gasteiger charge is -2.07. The average molecular weight is 232 g/mol. The van der Waals surface area contributed by atoms with Gasteiger partial charge in [0.2, 0.25) is 5.91 Å². The first-order valence-corrected chi connectivity index (χ1v) is 5.08. The van der Waals surface area contributed by atoms with Gasteiger partial charge in [0.05, 0.1) is 0 Å². The summed E-state index contributed by atoms with van der Waals surface area (Å²) in [5.74, 6) is -0.188. The van der Waals surface area contributed by atoms with Crippen molar-refractivity contribution in [3.63, 3.8) is 0 Å². The third kappa shape index (κ3) is 3.20. The second-order valence-corrected chi connectivity index (χ2v) is 3.99. The van der Waals surface area contributed by atoms with Crippen molar-refractivity contribution in [1.29, 1.82) is 0 Å². The Labute approximate surface area is 93.2 Å². The second-order valence-electron chi connectivity index (χ2n) is 2.93. The van der Waals surface area contributed by atoms with Crippen LogP contribution < -0.4 is 5.32 Å². The smallest absolute Gasteiger partial charge is 0.238 e. The van der Waals surface area contributed by atoms with E-state index in [0.717, 1.165) is 5.56 Å². The lowest BCUT2D eigenvalue weighted by atomic mass is 10.2. The quantitative estimate of drug-likeness (QED) is 0.797. The van der Waals surface area contributed by atoms with E-state index >= 15 is 0 Å². The molecule has 0 saturated carbocycles. The largest absolute Gasteiger partial charge is 0.351 e. The summed E-state index contributed by atoms with van der Waals surface area (Å²) in [6, 6.07) is 7.37. The number of halogens is 2. The van der Waals surface area contributed by atoms with E-state index in [-0.39, 0.29) is 5.91 Å². The van der Waals surface area contributed by atoms with Crippen LogP contribution in [0.3, 0.4) is 0 Å². The second kappa shape index (κ2) is 5.23. The Balaban J connectivity index is 2.54. The predicted octanol–water partition coefficient (Wildman–Crippen LogP) is 2.58. The van der Waals surface area contributed by atoms with Gasteiger partial charge in [0.15, 0.2) is 0 Å². The van der Waals surface area contributed by atoms with Gasteiger partial charge in [-0.3, -0.25) is 4.79 Å². The first-order chi connectivity index (χ1) is 6.61. The van der Waals surface area contributed by atoms with Crippen LogP contribution >= 0.6 is 23.2 Å². The number of carbonyl (C=O) groups is 1. The molecule has 76 valence electrons. The lowest BCUT2D eigenvalue weighted by molar-refractivity contribution is -0.120. The number of hydrogen-bond acceptors (Lipinski definition) is 1. The molecule has 1 rings (SSSR count). The molecule has 14 heavy (non-hydrogen) atoms. The number of hydrogen-bond donors (Lipinski definition) is 1. The van der Waals surface area contributed by atoms with Crippen LogP contribution in [-0.2, 0) is 11.3 Å². The number of amides is 1. The van der Waals surface area contributed by atoms with Gasteiger partial charge in [-0.2, -0.15) is 0 Å². The Morgan fingerprint density at radius 3 is 2.71 bits per heavy atom. The van der Waals surface area contributed by atoms with E-state index in [4.69, 9.17) is 23.2 Å². The van der Waals surface area contributed by atoms with Crippen molar-refractivity contribution in [3.05, 3.63) is 34.9 Å². The zero-order chi connectivity index (χ0) is 10.6. The Morgan fingerprint density at radius 1 is 1.50 bits per heavy atom. The highest BCUT2D eigenvalue weighted by Crippen LogP contribution is 2.14. The Kier molecular flexibility index (Phi) is 4.23. The minimum absolute atomic E-state index is 0.188. The molecule has 1 amide bonds. The van der Waals surface area contributed by atoms with Crippen LogP contribution in [0.4, 0.5) is 0 Å². The molecule has 0 unspecified atom stereocenters. The summed E-state index contributed by atoms with van der Waals surface area (Å²) in [5.41, 5.74) is 0.889. The van der Waals surface area contributed by atoms with Crippen molar-refractivity contribution in [1.82, 2.24) is 5.32 Å². The maximum atomic E-state index is 11.1. The molecule has 1 aromatic rings.